The van der Waals surface area contributed by atoms with Gasteiger partial charge in [0.15, 0.2) is 6.10 Å². The Kier molecular flexibility index (Phi) is 5.54. The number of amides is 2. The van der Waals surface area contributed by atoms with Gasteiger partial charge in [-0.2, -0.15) is 0 Å². The van der Waals surface area contributed by atoms with E-state index in [9.17, 15) is 14.4 Å². The number of hydrogen-bond acceptors (Lipinski definition) is 6. The van der Waals surface area contributed by atoms with Crippen molar-refractivity contribution in [2.24, 2.45) is 0 Å². The van der Waals surface area contributed by atoms with Crippen molar-refractivity contribution in [2.45, 2.75) is 39.3 Å². The van der Waals surface area contributed by atoms with Crippen molar-refractivity contribution in [3.63, 3.8) is 0 Å². The SMILES string of the molecule is CCc1nc(C)cc(=O)n1CCOc1ccc(CC2OC(=O)NC2=O)cc1. The molecule has 1 aromatic carbocycles. The maximum atomic E-state index is 12.1. The molecule has 8 heteroatoms. The summed E-state index contributed by atoms with van der Waals surface area (Å²) < 4.78 is 12.2. The molecule has 0 aliphatic carbocycles. The predicted molar refractivity (Wildman–Crippen MR) is 96.7 cm³/mol. The number of aromatic nitrogens is 2. The summed E-state index contributed by atoms with van der Waals surface area (Å²) in [5.74, 6) is 0.963. The number of cyclic esters (lactones) is 1. The highest BCUT2D eigenvalue weighted by Crippen LogP contribution is 2.16. The minimum Gasteiger partial charge on any atom is -0.492 e. The Hall–Kier alpha value is -3.16. The number of rotatable bonds is 7. The Morgan fingerprint density at radius 2 is 1.96 bits per heavy atom. The standard InChI is InChI=1S/C19H21N3O5/c1-3-16-20-12(2)10-17(23)22(16)8-9-26-14-6-4-13(5-7-14)11-15-18(24)21-19(25)27-15/h4-7,10,15H,3,8-9,11H2,1-2H3,(H,21,24,25). The highest BCUT2D eigenvalue weighted by Gasteiger charge is 2.31. The van der Waals surface area contributed by atoms with Crippen molar-refractivity contribution < 1.29 is 19.1 Å². The second-order valence-corrected chi connectivity index (χ2v) is 6.24. The van der Waals surface area contributed by atoms with E-state index in [1.165, 1.54) is 6.07 Å². The monoisotopic (exact) mass is 371 g/mol. The first kappa shape index (κ1) is 18.6. The summed E-state index contributed by atoms with van der Waals surface area (Å²) in [5.41, 5.74) is 1.48. The number of benzene rings is 1. The Morgan fingerprint density at radius 1 is 1.22 bits per heavy atom. The average molecular weight is 371 g/mol. The fourth-order valence-corrected chi connectivity index (χ4v) is 2.91. The topological polar surface area (TPSA) is 99.5 Å². The molecule has 0 saturated carbocycles. The van der Waals surface area contributed by atoms with Crippen molar-refractivity contribution in [1.82, 2.24) is 14.9 Å². The molecule has 1 aromatic heterocycles. The van der Waals surface area contributed by atoms with Crippen molar-refractivity contribution >= 4 is 12.0 Å². The van der Waals surface area contributed by atoms with E-state index in [-0.39, 0.29) is 5.56 Å². The van der Waals surface area contributed by atoms with Gasteiger partial charge in [0.2, 0.25) is 0 Å². The third-order valence-electron chi connectivity index (χ3n) is 4.23. The first-order chi connectivity index (χ1) is 13.0. The largest absolute Gasteiger partial charge is 0.492 e. The van der Waals surface area contributed by atoms with Crippen LogP contribution in [-0.2, 0) is 28.9 Å². The van der Waals surface area contributed by atoms with Crippen LogP contribution < -0.4 is 15.6 Å². The smallest absolute Gasteiger partial charge is 0.414 e. The van der Waals surface area contributed by atoms with Gasteiger partial charge in [-0.3, -0.25) is 19.5 Å². The molecular weight excluding hydrogens is 350 g/mol. The van der Waals surface area contributed by atoms with E-state index in [1.807, 2.05) is 19.1 Å². The number of ether oxygens (including phenoxy) is 2. The molecule has 1 atom stereocenters. The molecule has 8 nitrogen and oxygen atoms in total. The number of hydrogen-bond donors (Lipinski definition) is 1. The molecule has 1 aliphatic heterocycles. The lowest BCUT2D eigenvalue weighted by Gasteiger charge is -2.13. The molecule has 0 bridgehead atoms. The highest BCUT2D eigenvalue weighted by molar-refractivity contribution is 6.00. The fourth-order valence-electron chi connectivity index (χ4n) is 2.91. The summed E-state index contributed by atoms with van der Waals surface area (Å²) in [6.07, 6.45) is -0.525. The maximum absolute atomic E-state index is 12.1. The van der Waals surface area contributed by atoms with E-state index in [4.69, 9.17) is 9.47 Å². The number of alkyl carbamates (subject to hydrolysis) is 1. The van der Waals surface area contributed by atoms with Gasteiger partial charge >= 0.3 is 6.09 Å². The summed E-state index contributed by atoms with van der Waals surface area (Å²) in [6.45, 7) is 4.51. The van der Waals surface area contributed by atoms with Crippen LogP contribution in [0.5, 0.6) is 5.75 Å². The van der Waals surface area contributed by atoms with Gasteiger partial charge in [0.1, 0.15) is 18.2 Å². The maximum Gasteiger partial charge on any atom is 0.414 e. The molecular formula is C19H21N3O5. The zero-order valence-corrected chi connectivity index (χ0v) is 15.2. The molecule has 2 heterocycles. The second-order valence-electron chi connectivity index (χ2n) is 6.24. The van der Waals surface area contributed by atoms with E-state index >= 15 is 0 Å². The summed E-state index contributed by atoms with van der Waals surface area (Å²) in [5, 5.41) is 2.10. The van der Waals surface area contributed by atoms with Gasteiger partial charge in [0.05, 0.1) is 6.54 Å². The molecule has 0 radical (unpaired) electrons. The number of nitrogens with one attached hydrogen (secondary N) is 1. The molecule has 1 aliphatic rings. The predicted octanol–water partition coefficient (Wildman–Crippen LogP) is 1.37. The van der Waals surface area contributed by atoms with Crippen LogP contribution in [0.15, 0.2) is 35.1 Å². The Labute approximate surface area is 156 Å². The van der Waals surface area contributed by atoms with E-state index < -0.39 is 18.1 Å². The number of aryl methyl sites for hydroxylation is 2. The van der Waals surface area contributed by atoms with Gasteiger partial charge in [-0.15, -0.1) is 0 Å². The van der Waals surface area contributed by atoms with Crippen LogP contribution in [0, 0.1) is 6.92 Å². The summed E-state index contributed by atoms with van der Waals surface area (Å²) in [4.78, 5) is 39.1. The molecule has 1 saturated heterocycles. The Balaban J connectivity index is 1.56. The van der Waals surface area contributed by atoms with Crippen LogP contribution in [0.4, 0.5) is 4.79 Å². The molecule has 3 rings (SSSR count). The normalized spacial score (nSPS) is 16.1. The van der Waals surface area contributed by atoms with E-state index in [1.54, 1.807) is 23.6 Å². The molecule has 2 amide bonds. The van der Waals surface area contributed by atoms with Gasteiger partial charge < -0.3 is 9.47 Å². The number of carbonyl (C=O) groups excluding carboxylic acids is 2. The first-order valence-electron chi connectivity index (χ1n) is 8.77. The Morgan fingerprint density at radius 3 is 2.59 bits per heavy atom. The van der Waals surface area contributed by atoms with Crippen LogP contribution in [0.25, 0.3) is 0 Å². The quantitative estimate of drug-likeness (QED) is 0.789. The minimum atomic E-state index is -0.794. The third kappa shape index (κ3) is 4.52. The average Bonchev–Trinajstić information content (AvgIpc) is 2.95. The second kappa shape index (κ2) is 8.03. The summed E-state index contributed by atoms with van der Waals surface area (Å²) in [7, 11) is 0. The number of nitrogens with zero attached hydrogens (tertiary/aromatic N) is 2. The lowest BCUT2D eigenvalue weighted by molar-refractivity contribution is -0.123. The van der Waals surface area contributed by atoms with Gasteiger partial charge in [0.25, 0.3) is 11.5 Å². The number of imide groups is 1. The van der Waals surface area contributed by atoms with E-state index in [2.05, 4.69) is 10.3 Å². The molecule has 1 N–H and O–H groups in total. The van der Waals surface area contributed by atoms with Crippen molar-refractivity contribution in [3.05, 3.63) is 57.8 Å². The molecule has 1 unspecified atom stereocenters. The van der Waals surface area contributed by atoms with Gasteiger partial charge in [-0.05, 0) is 24.6 Å². The molecule has 1 fully saturated rings. The van der Waals surface area contributed by atoms with Crippen molar-refractivity contribution in [3.8, 4) is 5.75 Å². The van der Waals surface area contributed by atoms with Crippen molar-refractivity contribution in [2.75, 3.05) is 6.61 Å². The Bertz CT molecular complexity index is 905. The van der Waals surface area contributed by atoms with Gasteiger partial charge in [-0.1, -0.05) is 19.1 Å². The molecule has 27 heavy (non-hydrogen) atoms. The van der Waals surface area contributed by atoms with Gasteiger partial charge in [-0.25, -0.2) is 9.78 Å². The van der Waals surface area contributed by atoms with Crippen LogP contribution in [0.2, 0.25) is 0 Å². The molecule has 142 valence electrons. The van der Waals surface area contributed by atoms with Crippen LogP contribution in [0.3, 0.4) is 0 Å². The van der Waals surface area contributed by atoms with E-state index in [0.29, 0.717) is 37.4 Å². The third-order valence-corrected chi connectivity index (χ3v) is 4.23. The number of carbonyl (C=O) groups is 2. The fraction of sp³-hybridized carbons (Fsp3) is 0.368. The molecule has 0 spiro atoms. The summed E-state index contributed by atoms with van der Waals surface area (Å²) in [6, 6.07) is 8.69. The minimum absolute atomic E-state index is 0.0808. The lowest BCUT2D eigenvalue weighted by Crippen LogP contribution is -2.27. The van der Waals surface area contributed by atoms with E-state index in [0.717, 1.165) is 11.4 Å². The lowest BCUT2D eigenvalue weighted by atomic mass is 10.1. The van der Waals surface area contributed by atoms with Crippen LogP contribution in [0.1, 0.15) is 24.0 Å². The zero-order chi connectivity index (χ0) is 19.4. The van der Waals surface area contributed by atoms with Gasteiger partial charge in [0, 0.05) is 24.6 Å². The molecule has 2 aromatic rings. The highest BCUT2D eigenvalue weighted by atomic mass is 16.6. The zero-order valence-electron chi connectivity index (χ0n) is 15.2. The van der Waals surface area contributed by atoms with Crippen LogP contribution >= 0.6 is 0 Å². The van der Waals surface area contributed by atoms with Crippen molar-refractivity contribution in [1.29, 1.82) is 0 Å². The summed E-state index contributed by atoms with van der Waals surface area (Å²) >= 11 is 0. The first-order valence-corrected chi connectivity index (χ1v) is 8.77. The van der Waals surface area contributed by atoms with Crippen LogP contribution in [-0.4, -0.2) is 34.3 Å².